The Morgan fingerprint density at radius 3 is 2.44 bits per heavy atom. The summed E-state index contributed by atoms with van der Waals surface area (Å²) < 4.78 is 41.3. The number of nitrogens with one attached hydrogen (secondary N) is 4. The van der Waals surface area contributed by atoms with Crippen LogP contribution in [0.3, 0.4) is 0 Å². The maximum Gasteiger partial charge on any atom is 0.416 e. The van der Waals surface area contributed by atoms with Crippen LogP contribution in [0.2, 0.25) is 0 Å². The van der Waals surface area contributed by atoms with Gasteiger partial charge in [-0.1, -0.05) is 18.2 Å². The van der Waals surface area contributed by atoms with E-state index in [0.29, 0.717) is 18.8 Å². The van der Waals surface area contributed by atoms with Gasteiger partial charge in [0, 0.05) is 61.2 Å². The van der Waals surface area contributed by atoms with Crippen molar-refractivity contribution in [2.45, 2.75) is 19.1 Å². The summed E-state index contributed by atoms with van der Waals surface area (Å²) in [5, 5.41) is 27.1. The lowest BCUT2D eigenvalue weighted by Gasteiger charge is -2.28. The van der Waals surface area contributed by atoms with Gasteiger partial charge in [-0.05, 0) is 35.4 Å². The van der Waals surface area contributed by atoms with Gasteiger partial charge in [0.05, 0.1) is 23.5 Å². The van der Waals surface area contributed by atoms with Gasteiger partial charge in [-0.2, -0.15) is 18.3 Å². The Bertz CT molecular complexity index is 1320. The molecule has 1 fully saturated rings. The van der Waals surface area contributed by atoms with Crippen LogP contribution in [0.25, 0.3) is 22.0 Å². The number of aliphatic hydroxyl groups is 1. The van der Waals surface area contributed by atoms with Crippen LogP contribution in [0.4, 0.5) is 24.5 Å². The number of fused-ring (bicyclic) bond motifs is 1. The molecule has 0 bridgehead atoms. The van der Waals surface area contributed by atoms with Crippen LogP contribution in [-0.4, -0.2) is 57.7 Å². The number of H-pyrrole nitrogens is 1. The molecule has 1 unspecified atom stereocenters. The van der Waals surface area contributed by atoms with Crippen molar-refractivity contribution in [3.05, 3.63) is 72.2 Å². The SMILES string of the molecule is OC(Nc1ccc(-c2cncc3[nH]ncc23)cc1)Nc1ccc(CN2CCNCC2)c(C(F)(F)F)c1. The van der Waals surface area contributed by atoms with Crippen molar-refractivity contribution in [3.63, 3.8) is 0 Å². The Balaban J connectivity index is 1.26. The van der Waals surface area contributed by atoms with Crippen LogP contribution in [0.1, 0.15) is 11.1 Å². The highest BCUT2D eigenvalue weighted by atomic mass is 19.4. The van der Waals surface area contributed by atoms with Crippen molar-refractivity contribution in [2.24, 2.45) is 0 Å². The molecule has 8 nitrogen and oxygen atoms in total. The number of pyridine rings is 1. The molecule has 4 aromatic rings. The highest BCUT2D eigenvalue weighted by Gasteiger charge is 2.34. The van der Waals surface area contributed by atoms with Crippen molar-refractivity contribution < 1.29 is 18.3 Å². The highest BCUT2D eigenvalue weighted by Crippen LogP contribution is 2.35. The van der Waals surface area contributed by atoms with Gasteiger partial charge < -0.3 is 21.1 Å². The molecule has 188 valence electrons. The number of aliphatic hydroxyl groups excluding tert-OH is 1. The number of benzene rings is 2. The minimum absolute atomic E-state index is 0.167. The first-order valence-corrected chi connectivity index (χ1v) is 11.6. The molecule has 3 heterocycles. The quantitative estimate of drug-likeness (QED) is 0.247. The zero-order valence-corrected chi connectivity index (χ0v) is 19.3. The van der Waals surface area contributed by atoms with Crippen molar-refractivity contribution in [2.75, 3.05) is 36.8 Å². The third kappa shape index (κ3) is 5.43. The van der Waals surface area contributed by atoms with E-state index in [-0.39, 0.29) is 17.8 Å². The molecule has 5 N–H and O–H groups in total. The predicted octanol–water partition coefficient (Wildman–Crippen LogP) is 3.85. The molecular weight excluding hydrogens is 471 g/mol. The van der Waals surface area contributed by atoms with E-state index < -0.39 is 18.1 Å². The Labute approximate surface area is 205 Å². The van der Waals surface area contributed by atoms with E-state index in [2.05, 4.69) is 31.1 Å². The normalized spacial score (nSPS) is 15.7. The first-order valence-electron chi connectivity index (χ1n) is 11.6. The van der Waals surface area contributed by atoms with E-state index in [1.54, 1.807) is 36.8 Å². The first-order chi connectivity index (χ1) is 17.4. The summed E-state index contributed by atoms with van der Waals surface area (Å²) in [5.41, 5.74) is 2.92. The van der Waals surface area contributed by atoms with E-state index in [1.807, 2.05) is 17.0 Å². The van der Waals surface area contributed by atoms with E-state index >= 15 is 0 Å². The second-order valence-corrected chi connectivity index (χ2v) is 8.68. The highest BCUT2D eigenvalue weighted by molar-refractivity contribution is 5.93. The molecule has 2 aromatic heterocycles. The molecule has 1 aliphatic heterocycles. The van der Waals surface area contributed by atoms with Crippen molar-refractivity contribution in [1.29, 1.82) is 0 Å². The number of aromatic amines is 1. The number of piperazine rings is 1. The summed E-state index contributed by atoms with van der Waals surface area (Å²) >= 11 is 0. The lowest BCUT2D eigenvalue weighted by atomic mass is 10.0. The summed E-state index contributed by atoms with van der Waals surface area (Å²) in [7, 11) is 0. The van der Waals surface area contributed by atoms with E-state index in [4.69, 9.17) is 0 Å². The number of nitrogens with zero attached hydrogens (tertiary/aromatic N) is 3. The molecule has 11 heteroatoms. The zero-order chi connectivity index (χ0) is 25.1. The maximum absolute atomic E-state index is 13.8. The van der Waals surface area contributed by atoms with Crippen molar-refractivity contribution in [1.82, 2.24) is 25.4 Å². The molecule has 0 radical (unpaired) electrons. The molecule has 0 spiro atoms. The van der Waals surface area contributed by atoms with Crippen LogP contribution in [0, 0.1) is 0 Å². The van der Waals surface area contributed by atoms with Gasteiger partial charge in [0.2, 0.25) is 6.35 Å². The van der Waals surface area contributed by atoms with E-state index in [9.17, 15) is 18.3 Å². The Kier molecular flexibility index (Phi) is 6.77. The maximum atomic E-state index is 13.8. The number of alkyl halides is 3. The van der Waals surface area contributed by atoms with Gasteiger partial charge in [-0.15, -0.1) is 0 Å². The predicted molar refractivity (Wildman–Crippen MR) is 132 cm³/mol. The molecule has 0 saturated carbocycles. The molecule has 5 rings (SSSR count). The van der Waals surface area contributed by atoms with E-state index in [1.165, 1.54) is 6.07 Å². The molecule has 1 atom stereocenters. The van der Waals surface area contributed by atoms with Crippen LogP contribution in [-0.2, 0) is 12.7 Å². The Hall–Kier alpha value is -3.67. The average Bonchev–Trinajstić information content (AvgIpc) is 3.35. The van der Waals surface area contributed by atoms with Crippen molar-refractivity contribution >= 4 is 22.3 Å². The number of rotatable bonds is 7. The van der Waals surface area contributed by atoms with Crippen LogP contribution < -0.4 is 16.0 Å². The van der Waals surface area contributed by atoms with Crippen LogP contribution in [0.15, 0.2) is 61.1 Å². The minimum atomic E-state index is -4.50. The van der Waals surface area contributed by atoms with Gasteiger partial charge in [-0.3, -0.25) is 15.0 Å². The topological polar surface area (TPSA) is 101 Å². The molecule has 1 aliphatic rings. The standard InChI is InChI=1S/C25H26F3N7O/c26-25(27,28)22-11-19(6-3-17(22)15-35-9-7-29-8-10-35)33-24(36)32-18-4-1-16(2-5-18)20-12-30-14-23-21(20)13-31-34-23/h1-6,11-14,24,29,32-33,36H,7-10,15H2,(H,31,34). The van der Waals surface area contributed by atoms with Crippen LogP contribution >= 0.6 is 0 Å². The molecular formula is C25H26F3N7O. The fourth-order valence-electron chi connectivity index (χ4n) is 4.37. The fourth-order valence-corrected chi connectivity index (χ4v) is 4.37. The van der Waals surface area contributed by atoms with Gasteiger partial charge in [0.1, 0.15) is 0 Å². The Morgan fingerprint density at radius 2 is 1.69 bits per heavy atom. The fraction of sp³-hybridized carbons (Fsp3) is 0.280. The number of halogens is 3. The second kappa shape index (κ2) is 10.1. The summed E-state index contributed by atoms with van der Waals surface area (Å²) in [6.45, 7) is 3.15. The van der Waals surface area contributed by atoms with E-state index in [0.717, 1.165) is 41.2 Å². The smallest absolute Gasteiger partial charge is 0.357 e. The number of anilines is 2. The second-order valence-electron chi connectivity index (χ2n) is 8.68. The monoisotopic (exact) mass is 497 g/mol. The van der Waals surface area contributed by atoms with Crippen LogP contribution in [0.5, 0.6) is 0 Å². The summed E-state index contributed by atoms with van der Waals surface area (Å²) in [6, 6.07) is 11.4. The molecule has 36 heavy (non-hydrogen) atoms. The molecule has 0 aliphatic carbocycles. The summed E-state index contributed by atoms with van der Waals surface area (Å²) in [5.74, 6) is 0. The molecule has 2 aromatic carbocycles. The van der Waals surface area contributed by atoms with Gasteiger partial charge in [-0.25, -0.2) is 0 Å². The lowest BCUT2D eigenvalue weighted by molar-refractivity contribution is -0.138. The third-order valence-electron chi connectivity index (χ3n) is 6.19. The molecule has 0 amide bonds. The first kappa shape index (κ1) is 24.0. The van der Waals surface area contributed by atoms with Gasteiger partial charge >= 0.3 is 6.18 Å². The van der Waals surface area contributed by atoms with Gasteiger partial charge in [0.25, 0.3) is 0 Å². The number of hydrogen-bond donors (Lipinski definition) is 5. The lowest BCUT2D eigenvalue weighted by Crippen LogP contribution is -2.43. The largest absolute Gasteiger partial charge is 0.416 e. The summed E-state index contributed by atoms with van der Waals surface area (Å²) in [6.07, 6.45) is -0.611. The Morgan fingerprint density at radius 1 is 0.972 bits per heavy atom. The van der Waals surface area contributed by atoms with Gasteiger partial charge in [0.15, 0.2) is 0 Å². The summed E-state index contributed by atoms with van der Waals surface area (Å²) in [4.78, 5) is 6.22. The number of hydrogen-bond acceptors (Lipinski definition) is 7. The minimum Gasteiger partial charge on any atom is -0.357 e. The number of aromatic nitrogens is 3. The average molecular weight is 498 g/mol. The third-order valence-corrected chi connectivity index (χ3v) is 6.19. The molecule has 1 saturated heterocycles. The van der Waals surface area contributed by atoms with Crippen molar-refractivity contribution in [3.8, 4) is 11.1 Å². The zero-order valence-electron chi connectivity index (χ0n) is 19.3.